The molecule has 2 aromatic rings. The summed E-state index contributed by atoms with van der Waals surface area (Å²) in [5.41, 5.74) is 3.47. The molecule has 0 bridgehead atoms. The van der Waals surface area contributed by atoms with Crippen LogP contribution in [0.15, 0.2) is 42.5 Å². The second-order valence-corrected chi connectivity index (χ2v) is 6.25. The topological polar surface area (TPSA) is 59.6 Å². The van der Waals surface area contributed by atoms with E-state index in [4.69, 9.17) is 9.47 Å². The molecular formula is C20H24N2O3. The van der Waals surface area contributed by atoms with Gasteiger partial charge in [0.05, 0.1) is 26.3 Å². The molecule has 0 fully saturated rings. The van der Waals surface area contributed by atoms with Crippen molar-refractivity contribution in [3.05, 3.63) is 59.2 Å². The van der Waals surface area contributed by atoms with E-state index in [2.05, 4.69) is 22.8 Å². The van der Waals surface area contributed by atoms with Crippen molar-refractivity contribution < 1.29 is 14.3 Å². The third-order valence-corrected chi connectivity index (χ3v) is 4.66. The monoisotopic (exact) mass is 340 g/mol. The van der Waals surface area contributed by atoms with E-state index in [1.54, 1.807) is 14.2 Å². The highest BCUT2D eigenvalue weighted by Crippen LogP contribution is 2.30. The SMILES string of the molecule is COc1ccc(C(C)NC(=O)C2Cc3ccccc3CN2)cc1OC. The first-order valence-corrected chi connectivity index (χ1v) is 8.45. The van der Waals surface area contributed by atoms with Gasteiger partial charge in [-0.15, -0.1) is 0 Å². The molecule has 0 radical (unpaired) electrons. The number of benzene rings is 2. The van der Waals surface area contributed by atoms with Crippen LogP contribution in [0.1, 0.15) is 29.7 Å². The second kappa shape index (κ2) is 7.57. The molecule has 2 aromatic carbocycles. The largest absolute Gasteiger partial charge is 0.493 e. The van der Waals surface area contributed by atoms with Gasteiger partial charge in [-0.2, -0.15) is 0 Å². The zero-order chi connectivity index (χ0) is 17.8. The molecule has 0 saturated heterocycles. The van der Waals surface area contributed by atoms with Gasteiger partial charge in [-0.05, 0) is 42.2 Å². The fourth-order valence-corrected chi connectivity index (χ4v) is 3.16. The molecule has 5 nitrogen and oxygen atoms in total. The van der Waals surface area contributed by atoms with E-state index in [1.165, 1.54) is 11.1 Å². The molecule has 0 saturated carbocycles. The quantitative estimate of drug-likeness (QED) is 0.878. The number of nitrogens with one attached hydrogen (secondary N) is 2. The van der Waals surface area contributed by atoms with Crippen molar-refractivity contribution in [2.24, 2.45) is 0 Å². The fraction of sp³-hybridized carbons (Fsp3) is 0.350. The molecule has 132 valence electrons. The van der Waals surface area contributed by atoms with Crippen LogP contribution in [-0.4, -0.2) is 26.2 Å². The summed E-state index contributed by atoms with van der Waals surface area (Å²) in [6.45, 7) is 2.69. The third kappa shape index (κ3) is 3.77. The van der Waals surface area contributed by atoms with Crippen LogP contribution in [0.25, 0.3) is 0 Å². The van der Waals surface area contributed by atoms with Gasteiger partial charge in [0.15, 0.2) is 11.5 Å². The zero-order valence-electron chi connectivity index (χ0n) is 14.8. The van der Waals surface area contributed by atoms with Crippen molar-refractivity contribution in [3.8, 4) is 11.5 Å². The molecule has 2 atom stereocenters. The maximum atomic E-state index is 12.6. The Labute approximate surface area is 148 Å². The average molecular weight is 340 g/mol. The smallest absolute Gasteiger partial charge is 0.237 e. The van der Waals surface area contributed by atoms with Gasteiger partial charge in [-0.25, -0.2) is 0 Å². The van der Waals surface area contributed by atoms with Crippen LogP contribution in [0, 0.1) is 0 Å². The molecule has 1 heterocycles. The van der Waals surface area contributed by atoms with Crippen molar-refractivity contribution in [3.63, 3.8) is 0 Å². The van der Waals surface area contributed by atoms with Crippen LogP contribution in [0.3, 0.4) is 0 Å². The molecule has 25 heavy (non-hydrogen) atoms. The minimum atomic E-state index is -0.211. The first kappa shape index (κ1) is 17.3. The molecule has 0 aromatic heterocycles. The molecule has 1 aliphatic rings. The number of hydrogen-bond donors (Lipinski definition) is 2. The molecule has 0 aliphatic carbocycles. The first-order chi connectivity index (χ1) is 12.1. The lowest BCUT2D eigenvalue weighted by Gasteiger charge is -2.27. The summed E-state index contributed by atoms with van der Waals surface area (Å²) >= 11 is 0. The first-order valence-electron chi connectivity index (χ1n) is 8.45. The number of hydrogen-bond acceptors (Lipinski definition) is 4. The minimum Gasteiger partial charge on any atom is -0.493 e. The van der Waals surface area contributed by atoms with Crippen LogP contribution in [0.2, 0.25) is 0 Å². The van der Waals surface area contributed by atoms with Crippen molar-refractivity contribution in [2.45, 2.75) is 32.0 Å². The van der Waals surface area contributed by atoms with Crippen molar-refractivity contribution in [1.29, 1.82) is 0 Å². The van der Waals surface area contributed by atoms with Gasteiger partial charge in [0.1, 0.15) is 0 Å². The van der Waals surface area contributed by atoms with E-state index >= 15 is 0 Å². The Morgan fingerprint density at radius 1 is 1.12 bits per heavy atom. The van der Waals surface area contributed by atoms with Crippen molar-refractivity contribution in [2.75, 3.05) is 14.2 Å². The molecule has 2 N–H and O–H groups in total. The second-order valence-electron chi connectivity index (χ2n) is 6.25. The molecule has 2 unspecified atom stereocenters. The Balaban J connectivity index is 1.67. The highest BCUT2D eigenvalue weighted by molar-refractivity contribution is 5.82. The summed E-state index contributed by atoms with van der Waals surface area (Å²) in [5.74, 6) is 1.35. The van der Waals surface area contributed by atoms with Gasteiger partial charge >= 0.3 is 0 Å². The number of carbonyl (C=O) groups is 1. The minimum absolute atomic E-state index is 0.0109. The Hall–Kier alpha value is -2.53. The Morgan fingerprint density at radius 2 is 1.84 bits per heavy atom. The zero-order valence-corrected chi connectivity index (χ0v) is 14.8. The summed E-state index contributed by atoms with van der Waals surface area (Å²) in [6.07, 6.45) is 0.709. The van der Waals surface area contributed by atoms with E-state index in [-0.39, 0.29) is 18.0 Å². The lowest BCUT2D eigenvalue weighted by atomic mass is 9.95. The molecule has 3 rings (SSSR count). The van der Waals surface area contributed by atoms with Gasteiger partial charge in [0.25, 0.3) is 0 Å². The van der Waals surface area contributed by atoms with Crippen molar-refractivity contribution in [1.82, 2.24) is 10.6 Å². The lowest BCUT2D eigenvalue weighted by molar-refractivity contribution is -0.124. The van der Waals surface area contributed by atoms with Crippen LogP contribution in [0.5, 0.6) is 11.5 Å². The van der Waals surface area contributed by atoms with Gasteiger partial charge < -0.3 is 20.1 Å². The van der Waals surface area contributed by atoms with Crippen LogP contribution in [-0.2, 0) is 17.8 Å². The number of rotatable bonds is 5. The number of amides is 1. The third-order valence-electron chi connectivity index (χ3n) is 4.66. The summed E-state index contributed by atoms with van der Waals surface area (Å²) in [4.78, 5) is 12.6. The molecular weight excluding hydrogens is 316 g/mol. The molecule has 1 amide bonds. The summed E-state index contributed by atoms with van der Waals surface area (Å²) in [6, 6.07) is 13.6. The Kier molecular flexibility index (Phi) is 5.24. The van der Waals surface area contributed by atoms with Gasteiger partial charge in [-0.3, -0.25) is 4.79 Å². The summed E-state index contributed by atoms with van der Waals surface area (Å²) in [5, 5.41) is 6.40. The van der Waals surface area contributed by atoms with Crippen molar-refractivity contribution >= 4 is 5.91 Å². The number of ether oxygens (including phenoxy) is 2. The molecule has 5 heteroatoms. The van der Waals surface area contributed by atoms with E-state index in [0.717, 1.165) is 12.1 Å². The molecule has 1 aliphatic heterocycles. The summed E-state index contributed by atoms with van der Waals surface area (Å²) < 4.78 is 10.6. The maximum absolute atomic E-state index is 12.6. The Bertz CT molecular complexity index is 760. The van der Waals surface area contributed by atoms with Crippen LogP contribution >= 0.6 is 0 Å². The number of methoxy groups -OCH3 is 2. The maximum Gasteiger partial charge on any atom is 0.237 e. The van der Waals surface area contributed by atoms with E-state index in [9.17, 15) is 4.79 Å². The standard InChI is InChI=1S/C20H24N2O3/c1-13(14-8-9-18(24-2)19(11-14)25-3)22-20(23)17-10-15-6-4-5-7-16(15)12-21-17/h4-9,11,13,17,21H,10,12H2,1-3H3,(H,22,23). The van der Waals surface area contributed by atoms with Gasteiger partial charge in [0, 0.05) is 6.54 Å². The Morgan fingerprint density at radius 3 is 2.56 bits per heavy atom. The van der Waals surface area contributed by atoms with Crippen LogP contribution in [0.4, 0.5) is 0 Å². The number of carbonyl (C=O) groups excluding carboxylic acids is 1. The van der Waals surface area contributed by atoms with Gasteiger partial charge in [0.2, 0.25) is 5.91 Å². The highest BCUT2D eigenvalue weighted by Gasteiger charge is 2.25. The average Bonchev–Trinajstić information content (AvgIpc) is 2.66. The number of fused-ring (bicyclic) bond motifs is 1. The molecule has 0 spiro atoms. The highest BCUT2D eigenvalue weighted by atomic mass is 16.5. The summed E-state index contributed by atoms with van der Waals surface area (Å²) in [7, 11) is 3.21. The van der Waals surface area contributed by atoms with Crippen LogP contribution < -0.4 is 20.1 Å². The van der Waals surface area contributed by atoms with E-state index < -0.39 is 0 Å². The normalized spacial score (nSPS) is 17.3. The van der Waals surface area contributed by atoms with Gasteiger partial charge in [-0.1, -0.05) is 30.3 Å². The predicted molar refractivity (Wildman–Crippen MR) is 96.9 cm³/mol. The van der Waals surface area contributed by atoms with E-state index in [0.29, 0.717) is 17.9 Å². The lowest BCUT2D eigenvalue weighted by Crippen LogP contribution is -2.48. The predicted octanol–water partition coefficient (Wildman–Crippen LogP) is 2.60. The van der Waals surface area contributed by atoms with E-state index in [1.807, 2.05) is 37.3 Å². The fourth-order valence-electron chi connectivity index (χ4n) is 3.16.